The van der Waals surface area contributed by atoms with Crippen LogP contribution in [0.4, 0.5) is 5.82 Å². The molecular weight excluding hydrogens is 364 g/mol. The van der Waals surface area contributed by atoms with Crippen LogP contribution in [0, 0.1) is 5.92 Å². The molecule has 2 saturated heterocycles. The first-order valence-electron chi connectivity index (χ1n) is 10.6. The largest absolute Gasteiger partial charge is 0.355 e. The zero-order valence-corrected chi connectivity index (χ0v) is 16.5. The van der Waals surface area contributed by atoms with E-state index in [1.165, 1.54) is 6.42 Å². The predicted molar refractivity (Wildman–Crippen MR) is 112 cm³/mol. The van der Waals surface area contributed by atoms with Gasteiger partial charge in [0.1, 0.15) is 17.3 Å². The van der Waals surface area contributed by atoms with Gasteiger partial charge in [0.05, 0.1) is 23.4 Å². The zero-order chi connectivity index (χ0) is 19.6. The van der Waals surface area contributed by atoms with Crippen molar-refractivity contribution in [3.05, 3.63) is 48.2 Å². The van der Waals surface area contributed by atoms with Crippen LogP contribution in [0.3, 0.4) is 0 Å². The van der Waals surface area contributed by atoms with Gasteiger partial charge in [-0.2, -0.15) is 0 Å². The Kier molecular flexibility index (Phi) is 4.87. The molecule has 4 heterocycles. The van der Waals surface area contributed by atoms with Crippen LogP contribution in [-0.4, -0.2) is 56.9 Å². The molecule has 3 aromatic rings. The van der Waals surface area contributed by atoms with Crippen molar-refractivity contribution >= 4 is 22.8 Å². The number of anilines is 1. The lowest BCUT2D eigenvalue weighted by Gasteiger charge is -2.33. The van der Waals surface area contributed by atoms with Gasteiger partial charge in [0.25, 0.3) is 5.91 Å². The van der Waals surface area contributed by atoms with Crippen molar-refractivity contribution in [2.75, 3.05) is 31.1 Å². The van der Waals surface area contributed by atoms with Gasteiger partial charge in [-0.3, -0.25) is 9.78 Å². The number of rotatable bonds is 4. The number of aromatic amines is 1. The van der Waals surface area contributed by atoms with Gasteiger partial charge >= 0.3 is 0 Å². The smallest absolute Gasteiger partial charge is 0.274 e. The molecule has 1 unspecified atom stereocenters. The van der Waals surface area contributed by atoms with Crippen molar-refractivity contribution < 1.29 is 4.79 Å². The molecule has 0 spiro atoms. The molecule has 5 rings (SSSR count). The second-order valence-electron chi connectivity index (χ2n) is 8.12. The second kappa shape index (κ2) is 7.81. The highest BCUT2D eigenvalue weighted by Gasteiger charge is 2.25. The number of carbonyl (C=O) groups excluding carboxylic acids is 1. The van der Waals surface area contributed by atoms with Crippen molar-refractivity contribution in [1.82, 2.24) is 24.8 Å². The summed E-state index contributed by atoms with van der Waals surface area (Å²) in [5.41, 5.74) is 2.58. The van der Waals surface area contributed by atoms with Gasteiger partial charge in [0.2, 0.25) is 0 Å². The van der Waals surface area contributed by atoms with Gasteiger partial charge in [0, 0.05) is 32.6 Å². The van der Waals surface area contributed by atoms with Crippen molar-refractivity contribution in [2.45, 2.75) is 32.1 Å². The number of carbonyl (C=O) groups is 1. The minimum Gasteiger partial charge on any atom is -0.355 e. The van der Waals surface area contributed by atoms with Crippen LogP contribution in [0.1, 0.15) is 42.0 Å². The zero-order valence-electron chi connectivity index (χ0n) is 16.5. The summed E-state index contributed by atoms with van der Waals surface area (Å²) in [6.07, 6.45) is 8.74. The van der Waals surface area contributed by atoms with Crippen LogP contribution >= 0.6 is 0 Å². The van der Waals surface area contributed by atoms with Gasteiger partial charge in [-0.1, -0.05) is 12.1 Å². The van der Waals surface area contributed by atoms with Gasteiger partial charge in [-0.15, -0.1) is 0 Å². The molecule has 2 aromatic heterocycles. The number of fused-ring (bicyclic) bond motifs is 1. The van der Waals surface area contributed by atoms with Crippen LogP contribution < -0.4 is 4.90 Å². The van der Waals surface area contributed by atoms with Gasteiger partial charge in [-0.05, 0) is 43.7 Å². The molecule has 1 N–H and O–H groups in total. The highest BCUT2D eigenvalue weighted by Crippen LogP contribution is 2.25. The van der Waals surface area contributed by atoms with E-state index in [0.717, 1.165) is 74.5 Å². The Morgan fingerprint density at radius 3 is 2.79 bits per heavy atom. The summed E-state index contributed by atoms with van der Waals surface area (Å²) < 4.78 is 0. The van der Waals surface area contributed by atoms with Crippen LogP contribution in [0.15, 0.2) is 36.7 Å². The lowest BCUT2D eigenvalue weighted by Crippen LogP contribution is -2.37. The summed E-state index contributed by atoms with van der Waals surface area (Å²) >= 11 is 0. The topological polar surface area (TPSA) is 78.0 Å². The lowest BCUT2D eigenvalue weighted by atomic mass is 9.94. The van der Waals surface area contributed by atoms with E-state index in [9.17, 15) is 4.79 Å². The molecule has 150 valence electrons. The molecule has 1 amide bonds. The fourth-order valence-corrected chi connectivity index (χ4v) is 4.51. The molecule has 2 aliphatic rings. The molecule has 29 heavy (non-hydrogen) atoms. The normalized spacial score (nSPS) is 19.8. The number of amides is 1. The highest BCUT2D eigenvalue weighted by atomic mass is 16.2. The SMILES string of the molecule is O=C(c1cncc(N2CCCC(Cc3nc4ccccc4[nH]3)C2)n1)N1CCCC1. The van der Waals surface area contributed by atoms with E-state index in [1.54, 1.807) is 12.4 Å². The molecule has 1 atom stereocenters. The number of aromatic nitrogens is 4. The third-order valence-corrected chi connectivity index (χ3v) is 6.00. The van der Waals surface area contributed by atoms with Crippen molar-refractivity contribution in [1.29, 1.82) is 0 Å². The molecule has 1 aromatic carbocycles. The number of benzene rings is 1. The first-order chi connectivity index (χ1) is 14.3. The van der Waals surface area contributed by atoms with E-state index in [4.69, 9.17) is 4.98 Å². The van der Waals surface area contributed by atoms with Crippen molar-refractivity contribution in [2.24, 2.45) is 5.92 Å². The summed E-state index contributed by atoms with van der Waals surface area (Å²) in [6, 6.07) is 8.16. The Hall–Kier alpha value is -2.96. The van der Waals surface area contributed by atoms with Gasteiger partial charge in [-0.25, -0.2) is 9.97 Å². The number of hydrogen-bond acceptors (Lipinski definition) is 5. The maximum Gasteiger partial charge on any atom is 0.274 e. The number of nitrogens with one attached hydrogen (secondary N) is 1. The second-order valence-corrected chi connectivity index (χ2v) is 8.12. The van der Waals surface area contributed by atoms with E-state index < -0.39 is 0 Å². The molecule has 2 fully saturated rings. The fraction of sp³-hybridized carbons (Fsp3) is 0.455. The van der Waals surface area contributed by atoms with E-state index in [2.05, 4.69) is 25.9 Å². The lowest BCUT2D eigenvalue weighted by molar-refractivity contribution is 0.0786. The maximum absolute atomic E-state index is 12.7. The number of hydrogen-bond donors (Lipinski definition) is 1. The van der Waals surface area contributed by atoms with Crippen LogP contribution in [0.2, 0.25) is 0 Å². The minimum atomic E-state index is 0.00712. The van der Waals surface area contributed by atoms with Crippen LogP contribution in [0.25, 0.3) is 11.0 Å². The van der Waals surface area contributed by atoms with Crippen LogP contribution in [-0.2, 0) is 6.42 Å². The Morgan fingerprint density at radius 2 is 1.93 bits per heavy atom. The fourth-order valence-electron chi connectivity index (χ4n) is 4.51. The quantitative estimate of drug-likeness (QED) is 0.741. The summed E-state index contributed by atoms with van der Waals surface area (Å²) in [7, 11) is 0. The molecule has 7 heteroatoms. The average Bonchev–Trinajstić information content (AvgIpc) is 3.43. The van der Waals surface area contributed by atoms with E-state index in [-0.39, 0.29) is 5.91 Å². The Morgan fingerprint density at radius 1 is 1.07 bits per heavy atom. The number of H-pyrrole nitrogens is 1. The number of likely N-dealkylation sites (tertiary alicyclic amines) is 1. The molecule has 0 aliphatic carbocycles. The molecule has 7 nitrogen and oxygen atoms in total. The Bertz CT molecular complexity index is 976. The number of nitrogens with zero attached hydrogens (tertiary/aromatic N) is 5. The average molecular weight is 390 g/mol. The standard InChI is InChI=1S/C22H26N6O/c29-22(27-9-3-4-10-27)19-13-23-14-21(26-19)28-11-5-6-16(15-28)12-20-24-17-7-1-2-8-18(17)25-20/h1-2,7-8,13-14,16H,3-6,9-12,15H2,(H,24,25). The summed E-state index contributed by atoms with van der Waals surface area (Å²) in [4.78, 5) is 34.0. The van der Waals surface area contributed by atoms with Gasteiger partial charge < -0.3 is 14.8 Å². The third-order valence-electron chi connectivity index (χ3n) is 6.00. The first kappa shape index (κ1) is 18.1. The number of para-hydroxylation sites is 2. The summed E-state index contributed by atoms with van der Waals surface area (Å²) in [5, 5.41) is 0. The summed E-state index contributed by atoms with van der Waals surface area (Å²) in [5.74, 6) is 2.36. The van der Waals surface area contributed by atoms with E-state index in [0.29, 0.717) is 11.6 Å². The van der Waals surface area contributed by atoms with Crippen LogP contribution in [0.5, 0.6) is 0 Å². The Balaban J connectivity index is 1.29. The predicted octanol–water partition coefficient (Wildman–Crippen LogP) is 3.05. The molecule has 2 aliphatic heterocycles. The molecule has 0 saturated carbocycles. The van der Waals surface area contributed by atoms with Crippen molar-refractivity contribution in [3.8, 4) is 0 Å². The monoisotopic (exact) mass is 390 g/mol. The van der Waals surface area contributed by atoms with Gasteiger partial charge in [0.15, 0.2) is 0 Å². The molecule has 0 bridgehead atoms. The van der Waals surface area contributed by atoms with Crippen molar-refractivity contribution in [3.63, 3.8) is 0 Å². The third kappa shape index (κ3) is 3.81. The number of piperidine rings is 1. The van der Waals surface area contributed by atoms with E-state index >= 15 is 0 Å². The Labute approximate surface area is 170 Å². The molecular formula is C22H26N6O. The minimum absolute atomic E-state index is 0.00712. The van der Waals surface area contributed by atoms with E-state index in [1.807, 2.05) is 23.1 Å². The highest BCUT2D eigenvalue weighted by molar-refractivity contribution is 5.92. The number of imidazole rings is 1. The summed E-state index contributed by atoms with van der Waals surface area (Å²) in [6.45, 7) is 3.52. The molecule has 0 radical (unpaired) electrons. The maximum atomic E-state index is 12.7. The first-order valence-corrected chi connectivity index (χ1v) is 10.6.